The maximum absolute atomic E-state index is 10.9. The Hall–Kier alpha value is -0.750. The average molecular weight is 385 g/mol. The van der Waals surface area contributed by atoms with E-state index in [4.69, 9.17) is 20.3 Å². The van der Waals surface area contributed by atoms with Gasteiger partial charge < -0.3 is 20.3 Å². The predicted octanol–water partition coefficient (Wildman–Crippen LogP) is 3.51. The zero-order valence-electron chi connectivity index (χ0n) is 15.6. The molecule has 1 aromatic carbocycles. The highest BCUT2D eigenvalue weighted by atomic mass is 31.2. The summed E-state index contributed by atoms with van der Waals surface area (Å²) in [6.07, 6.45) is 6.63. The zero-order chi connectivity index (χ0) is 19.0. The van der Waals surface area contributed by atoms with Crippen LogP contribution in [0.2, 0.25) is 0 Å². The fourth-order valence-electron chi connectivity index (χ4n) is 3.52. The Kier molecular flexibility index (Phi) is 8.27. The highest BCUT2D eigenvalue weighted by molar-refractivity contribution is 7.46. The highest BCUT2D eigenvalue weighted by Gasteiger charge is 2.38. The first-order valence-electron chi connectivity index (χ1n) is 9.47. The van der Waals surface area contributed by atoms with Gasteiger partial charge in [0.2, 0.25) is 0 Å². The molecule has 4 N–H and O–H groups in total. The number of unbranched alkanes of at least 4 members (excludes halogenated alkanes) is 1. The van der Waals surface area contributed by atoms with E-state index in [1.54, 1.807) is 0 Å². The Morgan fingerprint density at radius 1 is 1.23 bits per heavy atom. The molecule has 1 aliphatic rings. The van der Waals surface area contributed by atoms with E-state index in [1.165, 1.54) is 11.1 Å². The zero-order valence-corrected chi connectivity index (χ0v) is 16.5. The number of phosphoric ester groups is 1. The van der Waals surface area contributed by atoms with Crippen LogP contribution in [0.15, 0.2) is 24.3 Å². The van der Waals surface area contributed by atoms with Gasteiger partial charge in [0.15, 0.2) is 0 Å². The average Bonchev–Trinajstić information content (AvgIpc) is 2.99. The minimum Gasteiger partial charge on any atom is -0.381 e. The van der Waals surface area contributed by atoms with Gasteiger partial charge in [0.1, 0.15) is 0 Å². The van der Waals surface area contributed by atoms with E-state index in [0.717, 1.165) is 45.3 Å². The summed E-state index contributed by atoms with van der Waals surface area (Å²) in [5.41, 5.74) is 8.16. The first kappa shape index (κ1) is 21.5. The molecule has 148 valence electrons. The topological polar surface area (TPSA) is 102 Å². The summed E-state index contributed by atoms with van der Waals surface area (Å²) < 4.78 is 21.0. The van der Waals surface area contributed by atoms with E-state index in [-0.39, 0.29) is 6.61 Å². The highest BCUT2D eigenvalue weighted by Crippen LogP contribution is 2.43. The van der Waals surface area contributed by atoms with Crippen molar-refractivity contribution in [3.05, 3.63) is 35.4 Å². The van der Waals surface area contributed by atoms with E-state index in [2.05, 4.69) is 35.7 Å². The molecule has 2 atom stereocenters. The van der Waals surface area contributed by atoms with Gasteiger partial charge in [-0.05, 0) is 62.0 Å². The molecule has 0 bridgehead atoms. The number of rotatable bonds is 11. The van der Waals surface area contributed by atoms with Gasteiger partial charge in [-0.15, -0.1) is 0 Å². The van der Waals surface area contributed by atoms with Crippen LogP contribution in [-0.2, 0) is 20.2 Å². The number of ether oxygens (including phenoxy) is 1. The van der Waals surface area contributed by atoms with Crippen LogP contribution < -0.4 is 5.73 Å². The van der Waals surface area contributed by atoms with Crippen LogP contribution in [0, 0.1) is 0 Å². The maximum atomic E-state index is 10.9. The minimum atomic E-state index is -4.47. The van der Waals surface area contributed by atoms with Crippen molar-refractivity contribution in [2.45, 2.75) is 63.3 Å². The molecule has 0 amide bonds. The number of hydrogen-bond acceptors (Lipinski definition) is 4. The van der Waals surface area contributed by atoms with Crippen molar-refractivity contribution in [2.24, 2.45) is 5.73 Å². The van der Waals surface area contributed by atoms with Crippen LogP contribution in [0.25, 0.3) is 0 Å². The maximum Gasteiger partial charge on any atom is 0.469 e. The van der Waals surface area contributed by atoms with E-state index >= 15 is 0 Å². The van der Waals surface area contributed by atoms with Gasteiger partial charge in [0, 0.05) is 18.8 Å². The van der Waals surface area contributed by atoms with Gasteiger partial charge in [-0.3, -0.25) is 4.52 Å². The summed E-state index contributed by atoms with van der Waals surface area (Å²) in [7, 11) is -4.47. The van der Waals surface area contributed by atoms with Crippen LogP contribution in [0.3, 0.4) is 0 Å². The Morgan fingerprint density at radius 2 is 1.96 bits per heavy atom. The van der Waals surface area contributed by atoms with E-state index in [1.807, 2.05) is 0 Å². The standard InChI is InChI=1S/C19H32NO5P/c1-2-12-24-13-4-3-5-16-6-8-17(9-7-16)18-10-11-19(20,14-18)15-25-26(21,22)23/h6-9,18H,2-5,10-15,20H2,1H3,(H2,21,22,23)/t18-,19-/m1/s1. The molecule has 1 saturated carbocycles. The van der Waals surface area contributed by atoms with Gasteiger partial charge >= 0.3 is 7.82 Å². The van der Waals surface area contributed by atoms with Crippen molar-refractivity contribution in [2.75, 3.05) is 19.8 Å². The fourth-order valence-corrected chi connectivity index (χ4v) is 3.95. The molecule has 0 aliphatic heterocycles. The normalized spacial score (nSPS) is 23.5. The Bertz CT molecular complexity index is 588. The Labute approximate surface area is 156 Å². The molecule has 26 heavy (non-hydrogen) atoms. The van der Waals surface area contributed by atoms with Crippen LogP contribution in [0.5, 0.6) is 0 Å². The molecule has 0 aromatic heterocycles. The summed E-state index contributed by atoms with van der Waals surface area (Å²) in [6.45, 7) is 3.69. The third-order valence-corrected chi connectivity index (χ3v) is 5.43. The van der Waals surface area contributed by atoms with Gasteiger partial charge in [0.05, 0.1) is 6.61 Å². The summed E-state index contributed by atoms with van der Waals surface area (Å²) in [6, 6.07) is 8.65. The molecular formula is C19H32NO5P. The Morgan fingerprint density at radius 3 is 2.62 bits per heavy atom. The summed E-state index contributed by atoms with van der Waals surface area (Å²) >= 11 is 0. The first-order chi connectivity index (χ1) is 12.3. The molecule has 1 aromatic rings. The van der Waals surface area contributed by atoms with Crippen molar-refractivity contribution in [3.63, 3.8) is 0 Å². The molecule has 1 fully saturated rings. The summed E-state index contributed by atoms with van der Waals surface area (Å²) in [5, 5.41) is 0. The van der Waals surface area contributed by atoms with Crippen LogP contribution in [0.1, 0.15) is 62.5 Å². The molecule has 0 saturated heterocycles. The number of benzene rings is 1. The lowest BCUT2D eigenvalue weighted by Gasteiger charge is -2.24. The SMILES string of the molecule is CCCOCCCCc1ccc([C@@H]2CC[C@](N)(COP(=O)(O)O)C2)cc1. The molecule has 0 unspecified atom stereocenters. The summed E-state index contributed by atoms with van der Waals surface area (Å²) in [5.74, 6) is 0.317. The minimum absolute atomic E-state index is 0.105. The lowest BCUT2D eigenvalue weighted by atomic mass is 9.92. The van der Waals surface area contributed by atoms with Gasteiger partial charge in [-0.2, -0.15) is 0 Å². The van der Waals surface area contributed by atoms with Crippen LogP contribution in [0.4, 0.5) is 0 Å². The second-order valence-electron chi connectivity index (χ2n) is 7.38. The molecule has 0 radical (unpaired) electrons. The van der Waals surface area contributed by atoms with Crippen LogP contribution in [-0.4, -0.2) is 35.1 Å². The molecule has 1 aliphatic carbocycles. The molecule has 0 heterocycles. The molecular weight excluding hydrogens is 353 g/mol. The van der Waals surface area contributed by atoms with E-state index in [9.17, 15) is 4.57 Å². The largest absolute Gasteiger partial charge is 0.469 e. The van der Waals surface area contributed by atoms with Gasteiger partial charge in [-0.25, -0.2) is 4.57 Å². The van der Waals surface area contributed by atoms with Gasteiger partial charge in [-0.1, -0.05) is 31.2 Å². The summed E-state index contributed by atoms with van der Waals surface area (Å²) in [4.78, 5) is 17.7. The van der Waals surface area contributed by atoms with E-state index < -0.39 is 13.4 Å². The smallest absolute Gasteiger partial charge is 0.381 e. The van der Waals surface area contributed by atoms with Crippen molar-refractivity contribution in [1.29, 1.82) is 0 Å². The third-order valence-electron chi connectivity index (χ3n) is 4.97. The third kappa shape index (κ3) is 7.47. The van der Waals surface area contributed by atoms with Crippen LogP contribution >= 0.6 is 7.82 Å². The predicted molar refractivity (Wildman–Crippen MR) is 102 cm³/mol. The molecule has 7 heteroatoms. The number of nitrogens with two attached hydrogens (primary N) is 1. The second-order valence-corrected chi connectivity index (χ2v) is 8.62. The monoisotopic (exact) mass is 385 g/mol. The van der Waals surface area contributed by atoms with Crippen molar-refractivity contribution in [1.82, 2.24) is 0 Å². The first-order valence-corrected chi connectivity index (χ1v) is 11.0. The van der Waals surface area contributed by atoms with Crippen molar-refractivity contribution < 1.29 is 23.6 Å². The lowest BCUT2D eigenvalue weighted by Crippen LogP contribution is -2.41. The number of hydrogen-bond donors (Lipinski definition) is 3. The second kappa shape index (κ2) is 9.98. The Balaban J connectivity index is 1.77. The number of aryl methyl sites for hydroxylation is 1. The molecule has 2 rings (SSSR count). The van der Waals surface area contributed by atoms with Crippen molar-refractivity contribution in [3.8, 4) is 0 Å². The van der Waals surface area contributed by atoms with Crippen molar-refractivity contribution >= 4 is 7.82 Å². The molecule has 6 nitrogen and oxygen atoms in total. The quantitative estimate of drug-likeness (QED) is 0.398. The number of phosphoric acid groups is 1. The lowest BCUT2D eigenvalue weighted by molar-refractivity contribution is 0.131. The van der Waals surface area contributed by atoms with E-state index in [0.29, 0.717) is 18.8 Å². The fraction of sp³-hybridized carbons (Fsp3) is 0.684. The molecule has 0 spiro atoms. The van der Waals surface area contributed by atoms with Gasteiger partial charge in [0.25, 0.3) is 0 Å².